The molecule has 4 N–H and O–H groups in total. The van der Waals surface area contributed by atoms with Crippen LogP contribution in [0.4, 0.5) is 0 Å². The maximum absolute atomic E-state index is 12.6. The van der Waals surface area contributed by atoms with E-state index in [2.05, 4.69) is 5.32 Å². The van der Waals surface area contributed by atoms with Gasteiger partial charge in [-0.15, -0.1) is 0 Å². The summed E-state index contributed by atoms with van der Waals surface area (Å²) in [6.45, 7) is 0.378. The highest BCUT2D eigenvalue weighted by Crippen LogP contribution is 2.32. The lowest BCUT2D eigenvalue weighted by Crippen LogP contribution is -2.52. The van der Waals surface area contributed by atoms with Gasteiger partial charge in [0.1, 0.15) is 0 Å². The van der Waals surface area contributed by atoms with Crippen molar-refractivity contribution in [2.24, 2.45) is 17.6 Å². The lowest BCUT2D eigenvalue weighted by Gasteiger charge is -2.38. The molecule has 1 aromatic carbocycles. The van der Waals surface area contributed by atoms with E-state index in [1.54, 1.807) is 12.1 Å². The number of carbonyl (C=O) groups is 3. The molecule has 0 aromatic heterocycles. The molecule has 158 valence electrons. The summed E-state index contributed by atoms with van der Waals surface area (Å²) in [6, 6.07) is 6.37. The first-order chi connectivity index (χ1) is 13.9. The molecule has 0 radical (unpaired) electrons. The number of likely N-dealkylation sites (N-methyl/N-ethyl adjacent to an activating group) is 1. The fourth-order valence-corrected chi connectivity index (χ4v) is 4.23. The average molecular weight is 402 g/mol. The quantitative estimate of drug-likeness (QED) is 0.648. The molecule has 3 rings (SSSR count). The van der Waals surface area contributed by atoms with Crippen molar-refractivity contribution in [3.8, 4) is 0 Å². The van der Waals surface area contributed by atoms with Crippen LogP contribution in [0.25, 0.3) is 0 Å². The molecule has 7 nitrogen and oxygen atoms in total. The number of aromatic carboxylic acids is 1. The first-order valence-corrected chi connectivity index (χ1v) is 10.5. The lowest BCUT2D eigenvalue weighted by atomic mass is 9.77. The summed E-state index contributed by atoms with van der Waals surface area (Å²) < 4.78 is 0. The molecule has 1 aromatic rings. The van der Waals surface area contributed by atoms with Crippen molar-refractivity contribution in [2.75, 3.05) is 7.05 Å². The molecule has 0 saturated heterocycles. The van der Waals surface area contributed by atoms with Crippen LogP contribution in [0, 0.1) is 11.8 Å². The molecule has 29 heavy (non-hydrogen) atoms. The van der Waals surface area contributed by atoms with E-state index in [1.165, 1.54) is 18.6 Å². The number of nitrogens with zero attached hydrogens (tertiary/aromatic N) is 1. The van der Waals surface area contributed by atoms with Crippen LogP contribution in [0.2, 0.25) is 0 Å². The van der Waals surface area contributed by atoms with Crippen molar-refractivity contribution in [1.29, 1.82) is 0 Å². The molecule has 7 heteroatoms. The molecule has 1 atom stereocenters. The van der Waals surface area contributed by atoms with Gasteiger partial charge in [-0.3, -0.25) is 9.59 Å². The zero-order chi connectivity index (χ0) is 21.0. The second-order valence-corrected chi connectivity index (χ2v) is 8.39. The van der Waals surface area contributed by atoms with Gasteiger partial charge < -0.3 is 21.1 Å². The maximum Gasteiger partial charge on any atom is 0.335 e. The SMILES string of the molecule is CN(C(=O)[C@@H](N)C1CCC(C(=O)NCc2ccc(C(=O)O)cc2)CC1)C1CCC1. The molecule has 2 fully saturated rings. The highest BCUT2D eigenvalue weighted by atomic mass is 16.4. The number of hydrogen-bond donors (Lipinski definition) is 3. The predicted octanol–water partition coefficient (Wildman–Crippen LogP) is 2.15. The molecule has 2 amide bonds. The number of nitrogens with two attached hydrogens (primary N) is 1. The van der Waals surface area contributed by atoms with E-state index in [0.29, 0.717) is 12.6 Å². The Labute approximate surface area is 171 Å². The van der Waals surface area contributed by atoms with Crippen LogP contribution in [0.1, 0.15) is 60.9 Å². The summed E-state index contributed by atoms with van der Waals surface area (Å²) in [7, 11) is 1.86. The second kappa shape index (κ2) is 9.39. The third-order valence-corrected chi connectivity index (χ3v) is 6.57. The number of rotatable bonds is 7. The zero-order valence-electron chi connectivity index (χ0n) is 17.0. The van der Waals surface area contributed by atoms with Crippen molar-refractivity contribution >= 4 is 17.8 Å². The molecule has 2 aliphatic rings. The topological polar surface area (TPSA) is 113 Å². The van der Waals surface area contributed by atoms with E-state index < -0.39 is 12.0 Å². The van der Waals surface area contributed by atoms with Gasteiger partial charge in [-0.1, -0.05) is 12.1 Å². The molecule has 2 aliphatic carbocycles. The van der Waals surface area contributed by atoms with Gasteiger partial charge in [0.2, 0.25) is 11.8 Å². The monoisotopic (exact) mass is 401 g/mol. The zero-order valence-corrected chi connectivity index (χ0v) is 17.0. The molecule has 0 heterocycles. The summed E-state index contributed by atoms with van der Waals surface area (Å²) in [5, 5.41) is 11.9. The van der Waals surface area contributed by atoms with E-state index in [-0.39, 0.29) is 29.2 Å². The van der Waals surface area contributed by atoms with Crippen LogP contribution in [0.15, 0.2) is 24.3 Å². The molecule has 0 spiro atoms. The highest BCUT2D eigenvalue weighted by Gasteiger charge is 2.35. The third-order valence-electron chi connectivity index (χ3n) is 6.57. The molecular formula is C22H31N3O4. The van der Waals surface area contributed by atoms with E-state index in [0.717, 1.165) is 44.1 Å². The minimum absolute atomic E-state index is 0.0113. The van der Waals surface area contributed by atoms with Gasteiger partial charge in [-0.05, 0) is 68.6 Å². The summed E-state index contributed by atoms with van der Waals surface area (Å²) in [5.41, 5.74) is 7.36. The van der Waals surface area contributed by atoms with Gasteiger partial charge >= 0.3 is 5.97 Å². The first-order valence-electron chi connectivity index (χ1n) is 10.5. The second-order valence-electron chi connectivity index (χ2n) is 8.39. The van der Waals surface area contributed by atoms with Gasteiger partial charge in [0, 0.05) is 25.6 Å². The Morgan fingerprint density at radius 2 is 1.72 bits per heavy atom. The Balaban J connectivity index is 1.42. The Morgan fingerprint density at radius 3 is 2.24 bits per heavy atom. The maximum atomic E-state index is 12.6. The fourth-order valence-electron chi connectivity index (χ4n) is 4.23. The van der Waals surface area contributed by atoms with E-state index >= 15 is 0 Å². The Kier molecular flexibility index (Phi) is 6.90. The summed E-state index contributed by atoms with van der Waals surface area (Å²) in [5.74, 6) is -0.841. The number of amides is 2. The van der Waals surface area contributed by atoms with Gasteiger partial charge in [-0.25, -0.2) is 4.79 Å². The minimum Gasteiger partial charge on any atom is -0.478 e. The summed E-state index contributed by atoms with van der Waals surface area (Å²) in [6.07, 6.45) is 6.38. The van der Waals surface area contributed by atoms with E-state index in [1.807, 2.05) is 11.9 Å². The highest BCUT2D eigenvalue weighted by molar-refractivity contribution is 5.87. The van der Waals surface area contributed by atoms with Crippen LogP contribution in [0.5, 0.6) is 0 Å². The number of carboxylic acids is 1. The van der Waals surface area contributed by atoms with Gasteiger partial charge in [0.25, 0.3) is 0 Å². The smallest absolute Gasteiger partial charge is 0.335 e. The molecule has 0 unspecified atom stereocenters. The van der Waals surface area contributed by atoms with E-state index in [4.69, 9.17) is 10.8 Å². The Hall–Kier alpha value is -2.41. The van der Waals surface area contributed by atoms with Crippen LogP contribution < -0.4 is 11.1 Å². The van der Waals surface area contributed by atoms with Gasteiger partial charge in [0.05, 0.1) is 11.6 Å². The van der Waals surface area contributed by atoms with Crippen molar-refractivity contribution in [3.63, 3.8) is 0 Å². The van der Waals surface area contributed by atoms with Crippen LogP contribution in [-0.2, 0) is 16.1 Å². The summed E-state index contributed by atoms with van der Waals surface area (Å²) in [4.78, 5) is 37.8. The predicted molar refractivity (Wildman–Crippen MR) is 109 cm³/mol. The molecular weight excluding hydrogens is 370 g/mol. The fraction of sp³-hybridized carbons (Fsp3) is 0.591. The number of carbonyl (C=O) groups excluding carboxylic acids is 2. The van der Waals surface area contributed by atoms with Gasteiger partial charge in [0.15, 0.2) is 0 Å². The molecule has 2 saturated carbocycles. The Bertz CT molecular complexity index is 737. The van der Waals surface area contributed by atoms with Crippen molar-refractivity contribution in [3.05, 3.63) is 35.4 Å². The number of nitrogens with one attached hydrogen (secondary N) is 1. The van der Waals surface area contributed by atoms with Crippen LogP contribution in [-0.4, -0.2) is 46.9 Å². The number of benzene rings is 1. The lowest BCUT2D eigenvalue weighted by molar-refractivity contribution is -0.136. The standard InChI is InChI=1S/C22H31N3O4/c1-25(18-3-2-4-18)21(27)19(23)15-9-11-16(12-10-15)20(26)24-13-14-5-7-17(8-6-14)22(28)29/h5-8,15-16,18-19H,2-4,9-13,23H2,1H3,(H,24,26)(H,28,29)/t15?,16?,19-/m0/s1. The van der Waals surface area contributed by atoms with Gasteiger partial charge in [-0.2, -0.15) is 0 Å². The normalized spacial score (nSPS) is 23.0. The minimum atomic E-state index is -0.965. The number of hydrogen-bond acceptors (Lipinski definition) is 4. The van der Waals surface area contributed by atoms with E-state index in [9.17, 15) is 14.4 Å². The third kappa shape index (κ3) is 5.15. The molecule has 0 bridgehead atoms. The molecule has 0 aliphatic heterocycles. The summed E-state index contributed by atoms with van der Waals surface area (Å²) >= 11 is 0. The van der Waals surface area contributed by atoms with Crippen molar-refractivity contribution in [1.82, 2.24) is 10.2 Å². The van der Waals surface area contributed by atoms with Crippen LogP contribution in [0.3, 0.4) is 0 Å². The van der Waals surface area contributed by atoms with Crippen LogP contribution >= 0.6 is 0 Å². The first kappa shape index (κ1) is 21.3. The number of carboxylic acid groups (broad SMARTS) is 1. The Morgan fingerprint density at radius 1 is 1.10 bits per heavy atom. The van der Waals surface area contributed by atoms with Crippen molar-refractivity contribution in [2.45, 2.75) is 63.6 Å². The average Bonchev–Trinajstić information content (AvgIpc) is 2.70. The largest absolute Gasteiger partial charge is 0.478 e. The van der Waals surface area contributed by atoms with Crippen molar-refractivity contribution < 1.29 is 19.5 Å².